The van der Waals surface area contributed by atoms with Gasteiger partial charge < -0.3 is 20.5 Å². The van der Waals surface area contributed by atoms with Gasteiger partial charge in [0, 0.05) is 6.07 Å². The predicted molar refractivity (Wildman–Crippen MR) is 78.4 cm³/mol. The summed E-state index contributed by atoms with van der Waals surface area (Å²) in [5, 5.41) is 2.87. The van der Waals surface area contributed by atoms with Gasteiger partial charge >= 0.3 is 5.97 Å². The number of nitrogens with two attached hydrogens (primary N) is 1. The van der Waals surface area contributed by atoms with Crippen LogP contribution in [-0.4, -0.2) is 20.2 Å². The van der Waals surface area contributed by atoms with Crippen LogP contribution in [0.15, 0.2) is 36.4 Å². The molecule has 0 fully saturated rings. The molecular weight excluding hydrogens is 275 g/mol. The molecule has 5 nitrogen and oxygen atoms in total. The van der Waals surface area contributed by atoms with Crippen LogP contribution in [0, 0.1) is 5.82 Å². The third-order valence-corrected chi connectivity index (χ3v) is 2.92. The van der Waals surface area contributed by atoms with Crippen LogP contribution in [0.4, 0.5) is 21.5 Å². The number of methoxy groups -OCH3 is 2. The number of hydrogen-bond acceptors (Lipinski definition) is 5. The van der Waals surface area contributed by atoms with E-state index >= 15 is 0 Å². The van der Waals surface area contributed by atoms with Crippen LogP contribution in [0.1, 0.15) is 10.4 Å². The van der Waals surface area contributed by atoms with Crippen LogP contribution in [-0.2, 0) is 4.74 Å². The molecule has 0 aromatic heterocycles. The summed E-state index contributed by atoms with van der Waals surface area (Å²) in [5.74, 6) is -0.406. The Labute approximate surface area is 121 Å². The molecule has 2 aromatic carbocycles. The second-order valence-corrected chi connectivity index (χ2v) is 4.26. The Morgan fingerprint density at radius 3 is 2.52 bits per heavy atom. The van der Waals surface area contributed by atoms with E-state index in [1.807, 2.05) is 0 Å². The van der Waals surface area contributed by atoms with Crippen LogP contribution >= 0.6 is 0 Å². The van der Waals surface area contributed by atoms with Crippen LogP contribution in [0.2, 0.25) is 0 Å². The Bertz CT molecular complexity index is 674. The number of ether oxygens (including phenoxy) is 2. The summed E-state index contributed by atoms with van der Waals surface area (Å²) in [6.07, 6.45) is 0. The van der Waals surface area contributed by atoms with E-state index in [9.17, 15) is 9.18 Å². The number of nitrogen functional groups attached to an aromatic ring is 1. The second-order valence-electron chi connectivity index (χ2n) is 4.26. The van der Waals surface area contributed by atoms with Crippen molar-refractivity contribution in [1.82, 2.24) is 0 Å². The normalized spacial score (nSPS) is 10.0. The molecule has 0 amide bonds. The molecule has 0 unspecified atom stereocenters. The summed E-state index contributed by atoms with van der Waals surface area (Å²) in [7, 11) is 2.78. The topological polar surface area (TPSA) is 73.6 Å². The maximum Gasteiger partial charge on any atom is 0.337 e. The van der Waals surface area contributed by atoms with E-state index in [1.54, 1.807) is 12.1 Å². The first-order valence-electron chi connectivity index (χ1n) is 6.13. The lowest BCUT2D eigenvalue weighted by Crippen LogP contribution is -2.04. The molecule has 0 aliphatic rings. The van der Waals surface area contributed by atoms with Crippen LogP contribution in [0.25, 0.3) is 0 Å². The summed E-state index contributed by atoms with van der Waals surface area (Å²) in [6.45, 7) is 0. The Balaban J connectivity index is 2.30. The smallest absolute Gasteiger partial charge is 0.337 e. The van der Waals surface area contributed by atoms with E-state index in [4.69, 9.17) is 10.5 Å². The van der Waals surface area contributed by atoms with Crippen LogP contribution in [0.5, 0.6) is 5.75 Å². The van der Waals surface area contributed by atoms with Crippen molar-refractivity contribution in [3.8, 4) is 5.75 Å². The maximum absolute atomic E-state index is 13.8. The van der Waals surface area contributed by atoms with E-state index in [-0.39, 0.29) is 5.69 Å². The SMILES string of the molecule is COC(=O)c1ccc(Nc2cc(OC)ccc2F)c(N)c1. The highest BCUT2D eigenvalue weighted by Gasteiger charge is 2.10. The molecule has 0 saturated carbocycles. The summed E-state index contributed by atoms with van der Waals surface area (Å²) < 4.78 is 23.4. The molecule has 6 heteroatoms. The number of benzene rings is 2. The standard InChI is InChI=1S/C15H15FN2O3/c1-20-10-4-5-11(16)14(8-10)18-13-6-3-9(7-12(13)17)15(19)21-2/h3-8,18H,17H2,1-2H3. The minimum Gasteiger partial charge on any atom is -0.497 e. The molecule has 3 N–H and O–H groups in total. The van der Waals surface area contributed by atoms with Gasteiger partial charge in [0.25, 0.3) is 0 Å². The van der Waals surface area contributed by atoms with Gasteiger partial charge in [-0.2, -0.15) is 0 Å². The first-order chi connectivity index (χ1) is 10.0. The van der Waals surface area contributed by atoms with Crippen molar-refractivity contribution in [2.75, 3.05) is 25.3 Å². The van der Waals surface area contributed by atoms with Gasteiger partial charge in [0.1, 0.15) is 11.6 Å². The first-order valence-corrected chi connectivity index (χ1v) is 6.13. The Morgan fingerprint density at radius 1 is 1.14 bits per heavy atom. The lowest BCUT2D eigenvalue weighted by molar-refractivity contribution is 0.0601. The van der Waals surface area contributed by atoms with Crippen LogP contribution < -0.4 is 15.8 Å². The predicted octanol–water partition coefficient (Wildman–Crippen LogP) is 2.95. The van der Waals surface area contributed by atoms with Gasteiger partial charge in [-0.25, -0.2) is 9.18 Å². The minimum atomic E-state index is -0.485. The van der Waals surface area contributed by atoms with Crippen molar-refractivity contribution < 1.29 is 18.7 Å². The summed E-state index contributed by atoms with van der Waals surface area (Å²) in [6, 6.07) is 8.92. The van der Waals surface area contributed by atoms with Crippen molar-refractivity contribution in [2.24, 2.45) is 0 Å². The van der Waals surface area contributed by atoms with Crippen molar-refractivity contribution in [3.63, 3.8) is 0 Å². The maximum atomic E-state index is 13.8. The number of rotatable bonds is 4. The number of anilines is 3. The minimum absolute atomic E-state index is 0.229. The Morgan fingerprint density at radius 2 is 1.90 bits per heavy atom. The summed E-state index contributed by atoms with van der Waals surface area (Å²) >= 11 is 0. The van der Waals surface area contributed by atoms with Crippen molar-refractivity contribution in [3.05, 3.63) is 47.8 Å². The number of hydrogen-bond donors (Lipinski definition) is 2. The molecule has 0 aliphatic heterocycles. The van der Waals surface area contributed by atoms with Gasteiger partial charge in [0.15, 0.2) is 0 Å². The fourth-order valence-electron chi connectivity index (χ4n) is 1.79. The molecule has 2 rings (SSSR count). The van der Waals surface area contributed by atoms with Gasteiger partial charge in [-0.15, -0.1) is 0 Å². The van der Waals surface area contributed by atoms with E-state index in [0.29, 0.717) is 22.7 Å². The number of esters is 1. The number of nitrogens with one attached hydrogen (secondary N) is 1. The molecule has 0 bridgehead atoms. The lowest BCUT2D eigenvalue weighted by Gasteiger charge is -2.12. The van der Waals surface area contributed by atoms with Gasteiger partial charge in [-0.1, -0.05) is 0 Å². The van der Waals surface area contributed by atoms with E-state index in [2.05, 4.69) is 10.1 Å². The second kappa shape index (κ2) is 6.13. The summed E-state index contributed by atoms with van der Waals surface area (Å²) in [5.41, 5.74) is 7.20. The Kier molecular flexibility index (Phi) is 4.27. The molecule has 0 aliphatic carbocycles. The van der Waals surface area contributed by atoms with Gasteiger partial charge in [0.2, 0.25) is 0 Å². The molecule has 0 radical (unpaired) electrons. The quantitative estimate of drug-likeness (QED) is 0.669. The highest BCUT2D eigenvalue weighted by molar-refractivity contribution is 5.92. The molecular formula is C15H15FN2O3. The van der Waals surface area contributed by atoms with Crippen molar-refractivity contribution in [1.29, 1.82) is 0 Å². The zero-order chi connectivity index (χ0) is 15.4. The molecule has 0 heterocycles. The monoisotopic (exact) mass is 290 g/mol. The molecule has 0 spiro atoms. The third-order valence-electron chi connectivity index (χ3n) is 2.92. The zero-order valence-electron chi connectivity index (χ0n) is 11.6. The lowest BCUT2D eigenvalue weighted by atomic mass is 10.1. The average molecular weight is 290 g/mol. The number of carbonyl (C=O) groups excluding carboxylic acids is 1. The highest BCUT2D eigenvalue weighted by Crippen LogP contribution is 2.28. The zero-order valence-corrected chi connectivity index (χ0v) is 11.6. The molecule has 0 saturated heterocycles. The van der Waals surface area contributed by atoms with Crippen molar-refractivity contribution >= 4 is 23.0 Å². The molecule has 2 aromatic rings. The molecule has 0 atom stereocenters. The van der Waals surface area contributed by atoms with Gasteiger partial charge in [-0.3, -0.25) is 0 Å². The fraction of sp³-hybridized carbons (Fsp3) is 0.133. The van der Waals surface area contributed by atoms with E-state index in [1.165, 1.54) is 38.5 Å². The first kappa shape index (κ1) is 14.6. The Hall–Kier alpha value is -2.76. The number of halogens is 1. The highest BCUT2D eigenvalue weighted by atomic mass is 19.1. The number of carbonyl (C=O) groups is 1. The van der Waals surface area contributed by atoms with E-state index < -0.39 is 11.8 Å². The third kappa shape index (κ3) is 3.22. The van der Waals surface area contributed by atoms with E-state index in [0.717, 1.165) is 0 Å². The van der Waals surface area contributed by atoms with Gasteiger partial charge in [-0.05, 0) is 30.3 Å². The summed E-state index contributed by atoms with van der Waals surface area (Å²) in [4.78, 5) is 11.4. The fourth-order valence-corrected chi connectivity index (χ4v) is 1.79. The molecule has 110 valence electrons. The largest absolute Gasteiger partial charge is 0.497 e. The average Bonchev–Trinajstić information content (AvgIpc) is 2.50. The molecule has 21 heavy (non-hydrogen) atoms. The van der Waals surface area contributed by atoms with Crippen molar-refractivity contribution in [2.45, 2.75) is 0 Å². The van der Waals surface area contributed by atoms with Gasteiger partial charge in [0.05, 0.1) is 36.8 Å². The van der Waals surface area contributed by atoms with Crippen LogP contribution in [0.3, 0.4) is 0 Å².